The van der Waals surface area contributed by atoms with Crippen molar-refractivity contribution in [1.29, 1.82) is 0 Å². The van der Waals surface area contributed by atoms with Gasteiger partial charge in [0, 0.05) is 19.2 Å². The monoisotopic (exact) mass is 551 g/mol. The number of carbonyl (C=O) groups is 2. The fraction of sp³-hybridized carbons (Fsp3) is 0.333. The van der Waals surface area contributed by atoms with Crippen LogP contribution >= 0.6 is 0 Å². The Bertz CT molecular complexity index is 1390. The van der Waals surface area contributed by atoms with Crippen LogP contribution in [0.3, 0.4) is 0 Å². The summed E-state index contributed by atoms with van der Waals surface area (Å²) in [6, 6.07) is 19.8. The van der Waals surface area contributed by atoms with Crippen molar-refractivity contribution in [1.82, 2.24) is 10.2 Å². The van der Waals surface area contributed by atoms with Gasteiger partial charge in [0.05, 0.1) is 17.7 Å². The van der Waals surface area contributed by atoms with Crippen LogP contribution in [0.25, 0.3) is 0 Å². The van der Waals surface area contributed by atoms with Crippen molar-refractivity contribution in [2.45, 2.75) is 51.6 Å². The van der Waals surface area contributed by atoms with E-state index in [1.54, 1.807) is 43.3 Å². The molecule has 0 aromatic heterocycles. The van der Waals surface area contributed by atoms with E-state index in [1.165, 1.54) is 24.1 Å². The molecule has 0 spiro atoms. The average molecular weight is 552 g/mol. The topological polar surface area (TPSA) is 96.0 Å². The SMILES string of the molecule is CCCNC(=O)[C@H](C)N(Cc1ccccc1C)C(=O)CN(c1cccc(OC)c1)S(=O)(=O)c1ccc(C)cc1. The highest BCUT2D eigenvalue weighted by Gasteiger charge is 2.32. The molecule has 1 N–H and O–H groups in total. The van der Waals surface area contributed by atoms with Crippen LogP contribution in [0, 0.1) is 13.8 Å². The van der Waals surface area contributed by atoms with Crippen LogP contribution in [0.1, 0.15) is 37.0 Å². The molecule has 0 unspecified atom stereocenters. The summed E-state index contributed by atoms with van der Waals surface area (Å²) in [4.78, 5) is 28.4. The first-order valence-electron chi connectivity index (χ1n) is 12.9. The third-order valence-electron chi connectivity index (χ3n) is 6.55. The number of aryl methyl sites for hydroxylation is 2. The number of hydrogen-bond donors (Lipinski definition) is 1. The van der Waals surface area contributed by atoms with Gasteiger partial charge < -0.3 is 15.0 Å². The maximum atomic E-state index is 14.0. The van der Waals surface area contributed by atoms with Crippen LogP contribution in [-0.2, 0) is 26.2 Å². The maximum absolute atomic E-state index is 14.0. The van der Waals surface area contributed by atoms with E-state index >= 15 is 0 Å². The molecule has 0 aliphatic heterocycles. The minimum atomic E-state index is -4.14. The minimum Gasteiger partial charge on any atom is -0.497 e. The Morgan fingerprint density at radius 1 is 0.974 bits per heavy atom. The van der Waals surface area contributed by atoms with Crippen LogP contribution in [0.5, 0.6) is 5.75 Å². The molecule has 3 aromatic carbocycles. The molecule has 0 heterocycles. The normalized spacial score (nSPS) is 11.9. The Balaban J connectivity index is 2.05. The summed E-state index contributed by atoms with van der Waals surface area (Å²) in [6.07, 6.45) is 0.753. The van der Waals surface area contributed by atoms with E-state index in [1.807, 2.05) is 45.0 Å². The Hall–Kier alpha value is -3.85. The van der Waals surface area contributed by atoms with Crippen molar-refractivity contribution in [2.75, 3.05) is 24.5 Å². The number of benzene rings is 3. The highest BCUT2D eigenvalue weighted by atomic mass is 32.2. The van der Waals surface area contributed by atoms with Gasteiger partial charge in [-0.25, -0.2) is 8.42 Å². The van der Waals surface area contributed by atoms with Crippen molar-refractivity contribution in [2.24, 2.45) is 0 Å². The minimum absolute atomic E-state index is 0.0583. The van der Waals surface area contributed by atoms with Crippen molar-refractivity contribution in [3.63, 3.8) is 0 Å². The number of hydrogen-bond acceptors (Lipinski definition) is 5. The molecular formula is C30H37N3O5S. The van der Waals surface area contributed by atoms with Gasteiger partial charge >= 0.3 is 0 Å². The maximum Gasteiger partial charge on any atom is 0.264 e. The second kappa shape index (κ2) is 13.3. The first-order valence-corrected chi connectivity index (χ1v) is 14.4. The molecule has 3 aromatic rings. The molecule has 39 heavy (non-hydrogen) atoms. The summed E-state index contributed by atoms with van der Waals surface area (Å²) < 4.78 is 34.2. The van der Waals surface area contributed by atoms with E-state index in [0.717, 1.165) is 27.4 Å². The largest absolute Gasteiger partial charge is 0.497 e. The predicted octanol–water partition coefficient (Wildman–Crippen LogP) is 4.45. The Kier molecular flexibility index (Phi) is 10.1. The van der Waals surface area contributed by atoms with Crippen LogP contribution in [0.2, 0.25) is 0 Å². The van der Waals surface area contributed by atoms with Gasteiger partial charge in [-0.05, 0) is 62.6 Å². The van der Waals surface area contributed by atoms with E-state index in [2.05, 4.69) is 5.32 Å². The van der Waals surface area contributed by atoms with E-state index in [9.17, 15) is 18.0 Å². The molecular weight excluding hydrogens is 514 g/mol. The lowest BCUT2D eigenvalue weighted by Crippen LogP contribution is -2.51. The van der Waals surface area contributed by atoms with Gasteiger partial charge in [-0.3, -0.25) is 13.9 Å². The zero-order valence-electron chi connectivity index (χ0n) is 23.2. The molecule has 0 fully saturated rings. The summed E-state index contributed by atoms with van der Waals surface area (Å²) >= 11 is 0. The van der Waals surface area contributed by atoms with Crippen LogP contribution < -0.4 is 14.4 Å². The number of carbonyl (C=O) groups excluding carboxylic acids is 2. The zero-order valence-corrected chi connectivity index (χ0v) is 24.0. The van der Waals surface area contributed by atoms with Crippen molar-refractivity contribution < 1.29 is 22.7 Å². The molecule has 8 nitrogen and oxygen atoms in total. The second-order valence-electron chi connectivity index (χ2n) is 9.44. The molecule has 1 atom stereocenters. The van der Waals surface area contributed by atoms with Gasteiger partial charge in [0.1, 0.15) is 18.3 Å². The number of nitrogens with zero attached hydrogens (tertiary/aromatic N) is 2. The van der Waals surface area contributed by atoms with Crippen molar-refractivity contribution in [3.8, 4) is 5.75 Å². The van der Waals surface area contributed by atoms with Gasteiger partial charge in [0.2, 0.25) is 11.8 Å². The number of rotatable bonds is 12. The lowest BCUT2D eigenvalue weighted by atomic mass is 10.1. The summed E-state index contributed by atoms with van der Waals surface area (Å²) in [6.45, 7) is 7.55. The molecule has 0 bridgehead atoms. The van der Waals surface area contributed by atoms with Crippen LogP contribution in [0.4, 0.5) is 5.69 Å². The van der Waals surface area contributed by atoms with E-state index in [0.29, 0.717) is 12.3 Å². The van der Waals surface area contributed by atoms with E-state index < -0.39 is 28.5 Å². The third-order valence-corrected chi connectivity index (χ3v) is 8.34. The number of nitrogens with one attached hydrogen (secondary N) is 1. The highest BCUT2D eigenvalue weighted by Crippen LogP contribution is 2.28. The molecule has 3 rings (SSSR count). The molecule has 2 amide bonds. The van der Waals surface area contributed by atoms with Crippen LogP contribution in [0.15, 0.2) is 77.7 Å². The van der Waals surface area contributed by atoms with Gasteiger partial charge in [0.15, 0.2) is 0 Å². The summed E-state index contributed by atoms with van der Waals surface area (Å²) in [7, 11) is -2.65. The number of methoxy groups -OCH3 is 1. The molecule has 9 heteroatoms. The fourth-order valence-corrected chi connectivity index (χ4v) is 5.49. The number of sulfonamides is 1. The molecule has 208 valence electrons. The predicted molar refractivity (Wildman–Crippen MR) is 153 cm³/mol. The Labute approximate surface area is 231 Å². The molecule has 0 saturated heterocycles. The smallest absolute Gasteiger partial charge is 0.264 e. The van der Waals surface area contributed by atoms with Crippen molar-refractivity contribution >= 4 is 27.5 Å². The molecule has 0 saturated carbocycles. The van der Waals surface area contributed by atoms with Gasteiger partial charge in [0.25, 0.3) is 10.0 Å². The second-order valence-corrected chi connectivity index (χ2v) is 11.3. The molecule has 0 radical (unpaired) electrons. The fourth-order valence-electron chi connectivity index (χ4n) is 4.08. The van der Waals surface area contributed by atoms with Gasteiger partial charge in [-0.15, -0.1) is 0 Å². The third kappa shape index (κ3) is 7.38. The Morgan fingerprint density at radius 2 is 1.67 bits per heavy atom. The Morgan fingerprint density at radius 3 is 2.31 bits per heavy atom. The lowest BCUT2D eigenvalue weighted by molar-refractivity contribution is -0.139. The van der Waals surface area contributed by atoms with E-state index in [4.69, 9.17) is 4.74 Å². The standard InChI is InChI=1S/C30H37N3O5S/c1-6-18-31-30(35)24(4)32(20-25-11-8-7-10-23(25)3)29(34)21-33(26-12-9-13-27(19-26)38-5)39(36,37)28-16-14-22(2)15-17-28/h7-17,19,24H,6,18,20-21H2,1-5H3,(H,31,35)/t24-/m0/s1. The summed E-state index contributed by atoms with van der Waals surface area (Å²) in [5.74, 6) is -0.350. The van der Waals surface area contributed by atoms with Gasteiger partial charge in [-0.2, -0.15) is 0 Å². The summed E-state index contributed by atoms with van der Waals surface area (Å²) in [5.41, 5.74) is 3.03. The quantitative estimate of drug-likeness (QED) is 0.359. The first kappa shape index (κ1) is 29.7. The summed E-state index contributed by atoms with van der Waals surface area (Å²) in [5, 5.41) is 2.85. The number of anilines is 1. The highest BCUT2D eigenvalue weighted by molar-refractivity contribution is 7.92. The number of ether oxygens (including phenoxy) is 1. The molecule has 0 aliphatic carbocycles. The average Bonchev–Trinajstić information content (AvgIpc) is 2.93. The number of amides is 2. The lowest BCUT2D eigenvalue weighted by Gasteiger charge is -2.32. The molecule has 0 aliphatic rings. The van der Waals surface area contributed by atoms with Crippen molar-refractivity contribution in [3.05, 3.63) is 89.5 Å². The van der Waals surface area contributed by atoms with E-state index in [-0.39, 0.29) is 23.0 Å². The zero-order chi connectivity index (χ0) is 28.6. The van der Waals surface area contributed by atoms with Crippen LogP contribution in [-0.4, -0.2) is 51.4 Å². The van der Waals surface area contributed by atoms with Gasteiger partial charge in [-0.1, -0.05) is 55.0 Å². The first-order chi connectivity index (χ1) is 18.6.